The number of aryl methyl sites for hydroxylation is 1. The lowest BCUT2D eigenvalue weighted by molar-refractivity contribution is -0.124. The first-order valence-electron chi connectivity index (χ1n) is 15.9. The number of ether oxygens (including phenoxy) is 3. The molecule has 5 heterocycles. The van der Waals surface area contributed by atoms with Gasteiger partial charge in [-0.25, -0.2) is 9.37 Å². The molecule has 0 saturated carbocycles. The van der Waals surface area contributed by atoms with Crippen LogP contribution in [0, 0.1) is 19.8 Å². The van der Waals surface area contributed by atoms with Crippen LogP contribution in [0.5, 0.6) is 11.5 Å². The summed E-state index contributed by atoms with van der Waals surface area (Å²) in [6, 6.07) is 7.72. The first kappa shape index (κ1) is 32.3. The molecule has 12 heteroatoms. The number of morpholine rings is 1. The molecule has 0 bridgehead atoms. The van der Waals surface area contributed by atoms with E-state index in [2.05, 4.69) is 20.1 Å². The maximum atomic E-state index is 13.8. The molecule has 0 radical (unpaired) electrons. The zero-order valence-corrected chi connectivity index (χ0v) is 27.7. The number of nitrogens with zero attached hydrogens (tertiary/aromatic N) is 3. The summed E-state index contributed by atoms with van der Waals surface area (Å²) in [6.45, 7) is 10.2. The summed E-state index contributed by atoms with van der Waals surface area (Å²) in [5.41, 5.74) is 3.68. The highest BCUT2D eigenvalue weighted by molar-refractivity contribution is 7.98. The van der Waals surface area contributed by atoms with E-state index >= 15 is 0 Å². The largest absolute Gasteiger partial charge is 0.448 e. The van der Waals surface area contributed by atoms with Crippen LogP contribution in [0.4, 0.5) is 10.2 Å². The second kappa shape index (κ2) is 13.6. The van der Waals surface area contributed by atoms with Gasteiger partial charge in [-0.3, -0.25) is 9.59 Å². The van der Waals surface area contributed by atoms with Crippen molar-refractivity contribution in [3.63, 3.8) is 0 Å². The van der Waals surface area contributed by atoms with Gasteiger partial charge in [0.1, 0.15) is 12.5 Å². The van der Waals surface area contributed by atoms with Crippen LogP contribution in [0.3, 0.4) is 0 Å². The molecular formula is C34H42FN5O5S. The molecular weight excluding hydrogens is 609 g/mol. The minimum Gasteiger partial charge on any atom is -0.448 e. The Balaban J connectivity index is 1.33. The summed E-state index contributed by atoms with van der Waals surface area (Å²) in [6.07, 6.45) is 5.34. The summed E-state index contributed by atoms with van der Waals surface area (Å²) < 4.78 is 31.9. The summed E-state index contributed by atoms with van der Waals surface area (Å²) in [4.78, 5) is 39.3. The van der Waals surface area contributed by atoms with Crippen LogP contribution in [-0.4, -0.2) is 85.4 Å². The van der Waals surface area contributed by atoms with Crippen molar-refractivity contribution in [1.29, 1.82) is 0 Å². The number of hydrogen-bond donors (Lipinski definition) is 2. The first-order chi connectivity index (χ1) is 22.2. The van der Waals surface area contributed by atoms with Crippen molar-refractivity contribution in [2.24, 2.45) is 5.92 Å². The molecule has 2 aromatic heterocycles. The number of fused-ring (bicyclic) bond motifs is 1. The number of carbonyl (C=O) groups excluding carboxylic acids is 1. The van der Waals surface area contributed by atoms with Gasteiger partial charge in [0.15, 0.2) is 11.5 Å². The Hall–Kier alpha value is -3.61. The molecule has 3 aliphatic rings. The number of rotatable bonds is 9. The summed E-state index contributed by atoms with van der Waals surface area (Å²) >= 11 is 1.47. The molecule has 1 amide bonds. The minimum absolute atomic E-state index is 0.0821. The zero-order valence-electron chi connectivity index (χ0n) is 26.9. The predicted molar refractivity (Wildman–Crippen MR) is 177 cm³/mol. The van der Waals surface area contributed by atoms with Gasteiger partial charge in [0, 0.05) is 83.6 Å². The van der Waals surface area contributed by atoms with Gasteiger partial charge in [0.25, 0.3) is 17.3 Å². The molecule has 46 heavy (non-hydrogen) atoms. The number of likely N-dealkylation sites (tertiary alicyclic amines) is 1. The Morgan fingerprint density at radius 2 is 1.87 bits per heavy atom. The van der Waals surface area contributed by atoms with E-state index in [1.165, 1.54) is 11.8 Å². The van der Waals surface area contributed by atoms with Gasteiger partial charge < -0.3 is 34.3 Å². The van der Waals surface area contributed by atoms with E-state index in [1.807, 2.05) is 57.5 Å². The Morgan fingerprint density at radius 1 is 1.13 bits per heavy atom. The number of piperidine rings is 1. The van der Waals surface area contributed by atoms with E-state index in [1.54, 1.807) is 0 Å². The van der Waals surface area contributed by atoms with E-state index in [-0.39, 0.29) is 30.6 Å². The number of alkyl halides is 1. The fourth-order valence-electron chi connectivity index (χ4n) is 6.63. The molecule has 0 aliphatic carbocycles. The summed E-state index contributed by atoms with van der Waals surface area (Å²) in [5.74, 6) is 0.810. The average molecular weight is 652 g/mol. The Morgan fingerprint density at radius 3 is 2.54 bits per heavy atom. The molecule has 0 spiro atoms. The standard InChI is InChI=1S/C34H42FN5O5S/c1-21-17-28(46-4)27(33(42)38-21)20-37-32(41)25-18-26(23-5-6-29(36-19-23)40-13-15-43-16-14-40)31-30(22(25)2)44-34(3,45-31)24-7-10-39(11-8-24)12-9-35/h5-6,17-19,24H,7-16,20H2,1-4H3,(H,37,41)(H,38,42). The number of aromatic nitrogens is 2. The Labute approximate surface area is 273 Å². The number of anilines is 1. The van der Waals surface area contributed by atoms with Gasteiger partial charge in [-0.05, 0) is 70.3 Å². The van der Waals surface area contributed by atoms with Crippen LogP contribution in [0.1, 0.15) is 46.9 Å². The quantitative estimate of drug-likeness (QED) is 0.318. The fraction of sp³-hybridized carbons (Fsp3) is 0.500. The van der Waals surface area contributed by atoms with E-state index in [0.29, 0.717) is 53.5 Å². The number of carbonyl (C=O) groups is 1. The van der Waals surface area contributed by atoms with Crippen molar-refractivity contribution in [2.75, 3.05) is 63.8 Å². The molecule has 1 aromatic carbocycles. The van der Waals surface area contributed by atoms with Crippen LogP contribution in [-0.2, 0) is 11.3 Å². The SMILES string of the molecule is CSc1cc(C)[nH]c(=O)c1CNC(=O)c1cc(-c2ccc(N3CCOCC3)nc2)c2c(c1C)OC(C)(C1CCN(CCF)CC1)O2. The fourth-order valence-corrected chi connectivity index (χ4v) is 7.33. The third-order valence-electron chi connectivity index (χ3n) is 9.34. The lowest BCUT2D eigenvalue weighted by Gasteiger charge is -2.38. The van der Waals surface area contributed by atoms with Gasteiger partial charge in [-0.2, -0.15) is 0 Å². The van der Waals surface area contributed by atoms with Crippen molar-refractivity contribution in [2.45, 2.75) is 50.8 Å². The molecule has 2 fully saturated rings. The number of hydrogen-bond acceptors (Lipinski definition) is 9. The number of nitrogens with one attached hydrogen (secondary N) is 2. The Bertz CT molecular complexity index is 1640. The van der Waals surface area contributed by atoms with E-state index < -0.39 is 5.79 Å². The lowest BCUT2D eigenvalue weighted by atomic mass is 9.89. The molecule has 1 unspecified atom stereocenters. The summed E-state index contributed by atoms with van der Waals surface area (Å²) in [7, 11) is 0. The van der Waals surface area contributed by atoms with E-state index in [4.69, 9.17) is 19.2 Å². The van der Waals surface area contributed by atoms with Crippen LogP contribution in [0.2, 0.25) is 0 Å². The van der Waals surface area contributed by atoms with Gasteiger partial charge in [0.2, 0.25) is 0 Å². The number of aromatic amines is 1. The summed E-state index contributed by atoms with van der Waals surface area (Å²) in [5, 5.41) is 2.98. The third kappa shape index (κ3) is 6.47. The molecule has 2 saturated heterocycles. The van der Waals surface area contributed by atoms with Crippen LogP contribution in [0.25, 0.3) is 11.1 Å². The molecule has 6 rings (SSSR count). The molecule has 1 atom stereocenters. The topological polar surface area (TPSA) is 109 Å². The predicted octanol–water partition coefficient (Wildman–Crippen LogP) is 4.71. The second-order valence-electron chi connectivity index (χ2n) is 12.3. The van der Waals surface area contributed by atoms with Gasteiger partial charge in [-0.15, -0.1) is 11.8 Å². The Kier molecular flexibility index (Phi) is 9.58. The lowest BCUT2D eigenvalue weighted by Crippen LogP contribution is -2.48. The number of halogens is 1. The van der Waals surface area contributed by atoms with Crippen molar-refractivity contribution in [3.05, 3.63) is 63.2 Å². The highest BCUT2D eigenvalue weighted by Crippen LogP contribution is 2.52. The van der Waals surface area contributed by atoms with Crippen LogP contribution in [0.15, 0.2) is 40.2 Å². The average Bonchev–Trinajstić information content (AvgIpc) is 3.44. The highest BCUT2D eigenvalue weighted by atomic mass is 32.2. The van der Waals surface area contributed by atoms with Crippen molar-refractivity contribution >= 4 is 23.5 Å². The van der Waals surface area contributed by atoms with Crippen molar-refractivity contribution < 1.29 is 23.4 Å². The number of benzene rings is 1. The minimum atomic E-state index is -0.942. The smallest absolute Gasteiger partial charge is 0.254 e. The number of pyridine rings is 2. The second-order valence-corrected chi connectivity index (χ2v) is 13.1. The van der Waals surface area contributed by atoms with E-state index in [9.17, 15) is 14.0 Å². The third-order valence-corrected chi connectivity index (χ3v) is 10.1. The van der Waals surface area contributed by atoms with Crippen molar-refractivity contribution in [3.8, 4) is 22.6 Å². The van der Waals surface area contributed by atoms with Crippen LogP contribution < -0.4 is 25.2 Å². The molecule has 3 aliphatic heterocycles. The maximum Gasteiger partial charge on any atom is 0.254 e. The van der Waals surface area contributed by atoms with Crippen LogP contribution >= 0.6 is 11.8 Å². The highest BCUT2D eigenvalue weighted by Gasteiger charge is 2.47. The number of amides is 1. The molecule has 10 nitrogen and oxygen atoms in total. The van der Waals surface area contributed by atoms with E-state index in [0.717, 1.165) is 61.0 Å². The molecule has 2 N–H and O–H groups in total. The van der Waals surface area contributed by atoms with Gasteiger partial charge in [-0.1, -0.05) is 0 Å². The van der Waals surface area contributed by atoms with Crippen molar-refractivity contribution in [1.82, 2.24) is 20.2 Å². The molecule has 3 aromatic rings. The zero-order chi connectivity index (χ0) is 32.4. The number of thioether (sulfide) groups is 1. The molecule has 246 valence electrons. The normalized spacial score (nSPS) is 20.2. The number of H-pyrrole nitrogens is 1. The van der Waals surface area contributed by atoms with Gasteiger partial charge >= 0.3 is 0 Å². The van der Waals surface area contributed by atoms with Gasteiger partial charge in [0.05, 0.1) is 13.2 Å². The monoisotopic (exact) mass is 651 g/mol. The maximum absolute atomic E-state index is 13.8. The first-order valence-corrected chi connectivity index (χ1v) is 17.1.